The second-order valence-corrected chi connectivity index (χ2v) is 5.55. The van der Waals surface area contributed by atoms with Gasteiger partial charge in [0, 0.05) is 11.3 Å². The average molecular weight is 334 g/mol. The van der Waals surface area contributed by atoms with Gasteiger partial charge < -0.3 is 16.0 Å². The van der Waals surface area contributed by atoms with E-state index in [-0.39, 0.29) is 18.1 Å². The fraction of sp³-hybridized carbons (Fsp3) is 0.0588. The molecule has 8 heteroatoms. The third-order valence-electron chi connectivity index (χ3n) is 3.91. The van der Waals surface area contributed by atoms with Gasteiger partial charge in [0.2, 0.25) is 0 Å². The quantitative estimate of drug-likeness (QED) is 0.432. The van der Waals surface area contributed by atoms with Crippen molar-refractivity contribution >= 4 is 28.3 Å². The van der Waals surface area contributed by atoms with Crippen molar-refractivity contribution in [1.82, 2.24) is 19.9 Å². The highest BCUT2D eigenvalue weighted by atomic mass is 16.6. The van der Waals surface area contributed by atoms with Crippen LogP contribution in [0.4, 0.5) is 11.5 Å². The highest BCUT2D eigenvalue weighted by molar-refractivity contribution is 5.97. The van der Waals surface area contributed by atoms with Gasteiger partial charge in [-0.25, -0.2) is 9.61 Å². The summed E-state index contributed by atoms with van der Waals surface area (Å²) in [6, 6.07) is 14.3. The topological polar surface area (TPSA) is 126 Å². The minimum absolute atomic E-state index is 0.0755. The Morgan fingerprint density at radius 2 is 1.80 bits per heavy atom. The summed E-state index contributed by atoms with van der Waals surface area (Å²) >= 11 is 0. The summed E-state index contributed by atoms with van der Waals surface area (Å²) in [6.07, 6.45) is 0. The number of rotatable bonds is 4. The zero-order valence-electron chi connectivity index (χ0n) is 13.1. The Labute approximate surface area is 142 Å². The summed E-state index contributed by atoms with van der Waals surface area (Å²) in [5.41, 5.74) is 14.5. The van der Waals surface area contributed by atoms with E-state index < -0.39 is 0 Å². The molecule has 25 heavy (non-hydrogen) atoms. The van der Waals surface area contributed by atoms with E-state index in [1.807, 2.05) is 24.3 Å². The summed E-state index contributed by atoms with van der Waals surface area (Å²) < 4.78 is 6.43. The van der Waals surface area contributed by atoms with Gasteiger partial charge in [0.25, 0.3) is 0 Å². The van der Waals surface area contributed by atoms with Gasteiger partial charge in [-0.15, -0.1) is 0 Å². The van der Waals surface area contributed by atoms with E-state index in [1.165, 1.54) is 0 Å². The number of hydrogen-bond donors (Lipinski definition) is 2. The van der Waals surface area contributed by atoms with Crippen molar-refractivity contribution in [2.24, 2.45) is 0 Å². The van der Waals surface area contributed by atoms with Gasteiger partial charge in [0.1, 0.15) is 0 Å². The molecule has 0 unspecified atom stereocenters. The van der Waals surface area contributed by atoms with Crippen LogP contribution in [-0.2, 0) is 6.54 Å². The lowest BCUT2D eigenvalue weighted by atomic mass is 10.1. The average Bonchev–Trinajstić information content (AvgIpc) is 3.19. The van der Waals surface area contributed by atoms with Gasteiger partial charge in [0.05, 0.1) is 17.6 Å². The second kappa shape index (κ2) is 5.75. The number of benzene rings is 2. The molecule has 0 bridgehead atoms. The highest BCUT2D eigenvalue weighted by Gasteiger charge is 2.20. The predicted molar refractivity (Wildman–Crippen MR) is 92.6 cm³/mol. The molecule has 0 aliphatic carbocycles. The Balaban J connectivity index is 1.81. The third-order valence-corrected chi connectivity index (χ3v) is 3.91. The van der Waals surface area contributed by atoms with Crippen LogP contribution in [0, 0.1) is 0 Å². The van der Waals surface area contributed by atoms with Crippen molar-refractivity contribution in [3.63, 3.8) is 0 Å². The number of Topliss-reactive ketones (excluding diaryl/α,β-unsaturated/α-hetero) is 1. The number of fused-ring (bicyclic) bond motifs is 1. The standard InChI is InChI=1S/C17H14N6O2/c18-11-7-5-10(6-8-11)14(24)9-23-13-4-2-1-3-12(13)20-17(23)15-16(19)22-25-21-15/h1-8H,9,18H2,(H2,19,22). The highest BCUT2D eigenvalue weighted by Crippen LogP contribution is 2.26. The number of aromatic nitrogens is 4. The second-order valence-electron chi connectivity index (χ2n) is 5.55. The van der Waals surface area contributed by atoms with Crippen molar-refractivity contribution in [2.75, 3.05) is 11.5 Å². The van der Waals surface area contributed by atoms with E-state index in [1.54, 1.807) is 28.8 Å². The molecular weight excluding hydrogens is 320 g/mol. The van der Waals surface area contributed by atoms with Crippen molar-refractivity contribution in [3.8, 4) is 11.5 Å². The smallest absolute Gasteiger partial charge is 0.199 e. The fourth-order valence-corrected chi connectivity index (χ4v) is 2.67. The van der Waals surface area contributed by atoms with Crippen LogP contribution in [0.5, 0.6) is 0 Å². The van der Waals surface area contributed by atoms with Crippen LogP contribution in [0.25, 0.3) is 22.6 Å². The number of carbonyl (C=O) groups is 1. The number of anilines is 2. The summed E-state index contributed by atoms with van der Waals surface area (Å²) in [6.45, 7) is 0.0755. The molecule has 0 atom stereocenters. The first-order valence-electron chi connectivity index (χ1n) is 7.56. The number of nitrogen functional groups attached to an aromatic ring is 2. The molecule has 0 spiro atoms. The lowest BCUT2D eigenvalue weighted by Gasteiger charge is -2.07. The Bertz CT molecular complexity index is 1060. The molecule has 8 nitrogen and oxygen atoms in total. The molecule has 4 aromatic rings. The van der Waals surface area contributed by atoms with Gasteiger partial charge in [0.15, 0.2) is 23.1 Å². The Morgan fingerprint density at radius 1 is 1.04 bits per heavy atom. The van der Waals surface area contributed by atoms with Crippen LogP contribution in [0.2, 0.25) is 0 Å². The number of ketones is 1. The first kappa shape index (κ1) is 14.9. The third kappa shape index (κ3) is 2.59. The summed E-state index contributed by atoms with van der Waals surface area (Å²) in [7, 11) is 0. The number of hydrogen-bond acceptors (Lipinski definition) is 7. The Hall–Kier alpha value is -3.68. The van der Waals surface area contributed by atoms with E-state index in [0.717, 1.165) is 11.0 Å². The van der Waals surface area contributed by atoms with Crippen LogP contribution in [0.3, 0.4) is 0 Å². The number of nitrogens with zero attached hydrogens (tertiary/aromatic N) is 4. The molecule has 0 amide bonds. The molecule has 0 fully saturated rings. The van der Waals surface area contributed by atoms with E-state index in [2.05, 4.69) is 19.9 Å². The van der Waals surface area contributed by atoms with Crippen molar-refractivity contribution in [3.05, 3.63) is 54.1 Å². The number of para-hydroxylation sites is 2. The molecule has 2 aromatic heterocycles. The van der Waals surface area contributed by atoms with Crippen LogP contribution in [0.15, 0.2) is 53.2 Å². The van der Waals surface area contributed by atoms with E-state index in [0.29, 0.717) is 22.8 Å². The fourth-order valence-electron chi connectivity index (χ4n) is 2.67. The van der Waals surface area contributed by atoms with E-state index in [9.17, 15) is 4.79 Å². The molecule has 0 aliphatic heterocycles. The van der Waals surface area contributed by atoms with Crippen molar-refractivity contribution in [2.45, 2.75) is 6.54 Å². The largest absolute Gasteiger partial charge is 0.399 e. The summed E-state index contributed by atoms with van der Waals surface area (Å²) in [5.74, 6) is 0.472. The zero-order chi connectivity index (χ0) is 17.4. The molecule has 0 saturated carbocycles. The Morgan fingerprint density at radius 3 is 2.52 bits per heavy atom. The molecule has 0 saturated heterocycles. The number of nitrogens with two attached hydrogens (primary N) is 2. The van der Waals surface area contributed by atoms with Gasteiger partial charge >= 0.3 is 0 Å². The minimum atomic E-state index is -0.0839. The van der Waals surface area contributed by atoms with E-state index >= 15 is 0 Å². The SMILES string of the molecule is Nc1ccc(C(=O)Cn2c(-c3nonc3N)nc3ccccc32)cc1. The molecule has 0 aliphatic rings. The minimum Gasteiger partial charge on any atom is -0.399 e. The van der Waals surface area contributed by atoms with Gasteiger partial charge in [-0.1, -0.05) is 12.1 Å². The van der Waals surface area contributed by atoms with Gasteiger partial charge in [-0.05, 0) is 46.7 Å². The molecule has 124 valence electrons. The van der Waals surface area contributed by atoms with Crippen LogP contribution < -0.4 is 11.5 Å². The van der Waals surface area contributed by atoms with E-state index in [4.69, 9.17) is 11.5 Å². The van der Waals surface area contributed by atoms with Gasteiger partial charge in [-0.3, -0.25) is 4.79 Å². The summed E-state index contributed by atoms with van der Waals surface area (Å²) in [4.78, 5) is 17.2. The van der Waals surface area contributed by atoms with Crippen molar-refractivity contribution in [1.29, 1.82) is 0 Å². The van der Waals surface area contributed by atoms with Gasteiger partial charge in [-0.2, -0.15) is 0 Å². The molecule has 4 rings (SSSR count). The lowest BCUT2D eigenvalue weighted by molar-refractivity contribution is 0.0974. The molecule has 0 radical (unpaired) electrons. The first-order chi connectivity index (χ1) is 12.1. The normalized spacial score (nSPS) is 11.0. The van der Waals surface area contributed by atoms with Crippen LogP contribution in [-0.4, -0.2) is 25.6 Å². The zero-order valence-corrected chi connectivity index (χ0v) is 13.1. The first-order valence-corrected chi connectivity index (χ1v) is 7.56. The lowest BCUT2D eigenvalue weighted by Crippen LogP contribution is -2.12. The predicted octanol–water partition coefficient (Wildman–Crippen LogP) is 2.13. The maximum absolute atomic E-state index is 12.7. The maximum Gasteiger partial charge on any atom is 0.199 e. The van der Waals surface area contributed by atoms with Crippen LogP contribution in [0.1, 0.15) is 10.4 Å². The number of imidazole rings is 1. The number of carbonyl (C=O) groups excluding carboxylic acids is 1. The van der Waals surface area contributed by atoms with Crippen molar-refractivity contribution < 1.29 is 9.42 Å². The monoisotopic (exact) mass is 334 g/mol. The molecule has 4 N–H and O–H groups in total. The molecule has 2 aromatic carbocycles. The maximum atomic E-state index is 12.7. The summed E-state index contributed by atoms with van der Waals surface area (Å²) in [5, 5.41) is 7.40. The van der Waals surface area contributed by atoms with Crippen LogP contribution >= 0.6 is 0 Å². The molecular formula is C17H14N6O2. The molecule has 2 heterocycles. The Kier molecular flexibility index (Phi) is 3.42.